The van der Waals surface area contributed by atoms with Gasteiger partial charge in [-0.1, -0.05) is 28.9 Å². The second-order valence-electron chi connectivity index (χ2n) is 6.89. The molecular weight excluding hydrogens is 342 g/mol. The van der Waals surface area contributed by atoms with Crippen molar-refractivity contribution in [2.45, 2.75) is 40.2 Å². The third-order valence-electron chi connectivity index (χ3n) is 4.63. The number of hydrogen-bond acceptors (Lipinski definition) is 5. The molecule has 7 heteroatoms. The number of aryl methyl sites for hydroxylation is 3. The van der Waals surface area contributed by atoms with Crippen LogP contribution in [0.25, 0.3) is 0 Å². The van der Waals surface area contributed by atoms with E-state index in [0.717, 1.165) is 25.6 Å². The fraction of sp³-hybridized carbons (Fsp3) is 0.550. The normalized spacial score (nSPS) is 18.0. The zero-order chi connectivity index (χ0) is 19.2. The molecule has 0 bridgehead atoms. The van der Waals surface area contributed by atoms with Gasteiger partial charge in [0, 0.05) is 19.5 Å². The van der Waals surface area contributed by atoms with Gasteiger partial charge < -0.3 is 19.5 Å². The van der Waals surface area contributed by atoms with Gasteiger partial charge in [0.1, 0.15) is 6.10 Å². The van der Waals surface area contributed by atoms with Crippen LogP contribution in [0.3, 0.4) is 0 Å². The second kappa shape index (κ2) is 8.99. The molecule has 3 rings (SSSR count). The summed E-state index contributed by atoms with van der Waals surface area (Å²) >= 11 is 0. The van der Waals surface area contributed by atoms with E-state index >= 15 is 0 Å². The zero-order valence-electron chi connectivity index (χ0n) is 16.7. The highest BCUT2D eigenvalue weighted by molar-refractivity contribution is 5.80. The van der Waals surface area contributed by atoms with Crippen molar-refractivity contribution in [2.75, 3.05) is 32.8 Å². The predicted molar refractivity (Wildman–Crippen MR) is 105 cm³/mol. The van der Waals surface area contributed by atoms with Crippen LogP contribution in [0, 0.1) is 20.8 Å². The van der Waals surface area contributed by atoms with Gasteiger partial charge in [0.25, 0.3) is 0 Å². The van der Waals surface area contributed by atoms with Gasteiger partial charge in [0.2, 0.25) is 5.89 Å². The molecule has 27 heavy (non-hydrogen) atoms. The highest BCUT2D eigenvalue weighted by Crippen LogP contribution is 2.25. The van der Waals surface area contributed by atoms with E-state index in [9.17, 15) is 0 Å². The molecule has 1 atom stereocenters. The van der Waals surface area contributed by atoms with E-state index in [1.807, 2.05) is 6.92 Å². The van der Waals surface area contributed by atoms with Gasteiger partial charge in [-0.3, -0.25) is 4.99 Å². The molecular formula is C20H29N5O2. The number of benzene rings is 1. The van der Waals surface area contributed by atoms with Crippen LogP contribution in [0.2, 0.25) is 0 Å². The monoisotopic (exact) mass is 371 g/mol. The minimum absolute atomic E-state index is 0.0572. The van der Waals surface area contributed by atoms with Crippen molar-refractivity contribution in [2.24, 2.45) is 4.99 Å². The molecule has 7 nitrogen and oxygen atoms in total. The number of guanidine groups is 1. The Morgan fingerprint density at radius 2 is 2.19 bits per heavy atom. The largest absolute Gasteiger partial charge is 0.370 e. The Balaban J connectivity index is 1.67. The van der Waals surface area contributed by atoms with Crippen molar-refractivity contribution in [3.05, 3.63) is 46.6 Å². The van der Waals surface area contributed by atoms with Crippen LogP contribution in [0.15, 0.2) is 27.7 Å². The number of hydrogen-bond donors (Lipinski definition) is 1. The summed E-state index contributed by atoms with van der Waals surface area (Å²) in [6.45, 7) is 11.9. The number of ether oxygens (including phenoxy) is 1. The number of aromatic nitrogens is 2. The molecule has 0 aliphatic carbocycles. The highest BCUT2D eigenvalue weighted by atomic mass is 16.5. The minimum atomic E-state index is 0.0572. The maximum Gasteiger partial charge on any atom is 0.228 e. The van der Waals surface area contributed by atoms with Gasteiger partial charge >= 0.3 is 0 Å². The SMILES string of the molecule is CCNC(=NCCc1nc(C)no1)N1CCOC(c2ccc(C)cc2C)C1. The summed E-state index contributed by atoms with van der Waals surface area (Å²) in [5.41, 5.74) is 3.80. The maximum atomic E-state index is 6.06. The molecule has 0 saturated carbocycles. The van der Waals surface area contributed by atoms with Crippen LogP contribution in [0.1, 0.15) is 41.4 Å². The quantitative estimate of drug-likeness (QED) is 0.643. The van der Waals surface area contributed by atoms with Crippen LogP contribution in [-0.4, -0.2) is 53.8 Å². The average molecular weight is 371 g/mol. The van der Waals surface area contributed by atoms with E-state index in [-0.39, 0.29) is 6.10 Å². The first-order valence-electron chi connectivity index (χ1n) is 9.58. The molecule has 1 unspecified atom stereocenters. The summed E-state index contributed by atoms with van der Waals surface area (Å²) in [6, 6.07) is 6.54. The van der Waals surface area contributed by atoms with Crippen molar-refractivity contribution in [1.82, 2.24) is 20.4 Å². The van der Waals surface area contributed by atoms with E-state index in [4.69, 9.17) is 14.3 Å². The standard InChI is InChI=1S/C20H29N5O2/c1-5-21-20(22-9-8-19-23-16(4)24-27-19)25-10-11-26-18(13-25)17-7-6-14(2)12-15(17)3/h6-7,12,18H,5,8-11,13H2,1-4H3,(H,21,22). The molecule has 0 spiro atoms. The summed E-state index contributed by atoms with van der Waals surface area (Å²) in [6.07, 6.45) is 0.697. The summed E-state index contributed by atoms with van der Waals surface area (Å²) in [5.74, 6) is 2.19. The summed E-state index contributed by atoms with van der Waals surface area (Å²) in [5, 5.41) is 7.21. The third-order valence-corrected chi connectivity index (χ3v) is 4.63. The molecule has 1 aromatic carbocycles. The molecule has 1 aliphatic heterocycles. The molecule has 146 valence electrons. The minimum Gasteiger partial charge on any atom is -0.370 e. The Bertz CT molecular complexity index is 786. The number of morpholine rings is 1. The van der Waals surface area contributed by atoms with Gasteiger partial charge in [-0.2, -0.15) is 4.98 Å². The summed E-state index contributed by atoms with van der Waals surface area (Å²) in [4.78, 5) is 11.3. The van der Waals surface area contributed by atoms with E-state index in [1.54, 1.807) is 0 Å². The van der Waals surface area contributed by atoms with Gasteiger partial charge in [0.05, 0.1) is 19.7 Å². The van der Waals surface area contributed by atoms with E-state index < -0.39 is 0 Å². The first-order valence-corrected chi connectivity index (χ1v) is 9.58. The summed E-state index contributed by atoms with van der Waals surface area (Å²) < 4.78 is 11.2. The van der Waals surface area contributed by atoms with Gasteiger partial charge in [0.15, 0.2) is 11.8 Å². The van der Waals surface area contributed by atoms with Gasteiger partial charge in [-0.15, -0.1) is 0 Å². The first kappa shape index (κ1) is 19.4. The average Bonchev–Trinajstić information content (AvgIpc) is 3.06. The van der Waals surface area contributed by atoms with Crippen molar-refractivity contribution >= 4 is 5.96 Å². The fourth-order valence-electron chi connectivity index (χ4n) is 3.34. The molecule has 1 saturated heterocycles. The van der Waals surface area contributed by atoms with Crippen molar-refractivity contribution in [3.63, 3.8) is 0 Å². The van der Waals surface area contributed by atoms with Crippen molar-refractivity contribution in [3.8, 4) is 0 Å². The Morgan fingerprint density at radius 3 is 2.89 bits per heavy atom. The van der Waals surface area contributed by atoms with Crippen LogP contribution < -0.4 is 5.32 Å². The first-order chi connectivity index (χ1) is 13.1. The molecule has 0 amide bonds. The molecule has 2 heterocycles. The van der Waals surface area contributed by atoms with Crippen LogP contribution >= 0.6 is 0 Å². The lowest BCUT2D eigenvalue weighted by atomic mass is 10.00. The predicted octanol–water partition coefficient (Wildman–Crippen LogP) is 2.58. The molecule has 2 aromatic rings. The van der Waals surface area contributed by atoms with E-state index in [2.05, 4.69) is 59.3 Å². The van der Waals surface area contributed by atoms with E-state index in [1.165, 1.54) is 16.7 Å². The molecule has 1 aliphatic rings. The second-order valence-corrected chi connectivity index (χ2v) is 6.89. The topological polar surface area (TPSA) is 75.8 Å². The Morgan fingerprint density at radius 1 is 1.33 bits per heavy atom. The number of nitrogens with zero attached hydrogens (tertiary/aromatic N) is 4. The molecule has 0 radical (unpaired) electrons. The van der Waals surface area contributed by atoms with Crippen molar-refractivity contribution in [1.29, 1.82) is 0 Å². The Kier molecular flexibility index (Phi) is 6.45. The number of aliphatic imine (C=N–C) groups is 1. The van der Waals surface area contributed by atoms with Gasteiger partial charge in [-0.05, 0) is 38.8 Å². The lowest BCUT2D eigenvalue weighted by Gasteiger charge is -2.36. The van der Waals surface area contributed by atoms with Crippen LogP contribution in [0.4, 0.5) is 0 Å². The van der Waals surface area contributed by atoms with Crippen LogP contribution in [-0.2, 0) is 11.2 Å². The number of nitrogens with one attached hydrogen (secondary N) is 1. The summed E-state index contributed by atoms with van der Waals surface area (Å²) in [7, 11) is 0. The third kappa shape index (κ3) is 5.07. The Hall–Kier alpha value is -2.41. The molecule has 1 aromatic heterocycles. The fourth-order valence-corrected chi connectivity index (χ4v) is 3.34. The maximum absolute atomic E-state index is 6.06. The zero-order valence-corrected chi connectivity index (χ0v) is 16.7. The van der Waals surface area contributed by atoms with Crippen LogP contribution in [0.5, 0.6) is 0 Å². The van der Waals surface area contributed by atoms with E-state index in [0.29, 0.717) is 31.3 Å². The smallest absolute Gasteiger partial charge is 0.228 e. The van der Waals surface area contributed by atoms with Crippen molar-refractivity contribution < 1.29 is 9.26 Å². The number of rotatable bonds is 5. The lowest BCUT2D eigenvalue weighted by Crippen LogP contribution is -2.48. The van der Waals surface area contributed by atoms with Gasteiger partial charge in [-0.25, -0.2) is 0 Å². The Labute approximate surface area is 160 Å². The molecule has 1 N–H and O–H groups in total. The highest BCUT2D eigenvalue weighted by Gasteiger charge is 2.25. The molecule has 1 fully saturated rings. The lowest BCUT2D eigenvalue weighted by molar-refractivity contribution is -0.00833.